The molecule has 0 fully saturated rings. The number of methoxy groups -OCH3 is 1. The summed E-state index contributed by atoms with van der Waals surface area (Å²) in [7, 11) is 1.68. The van der Waals surface area contributed by atoms with Gasteiger partial charge in [-0.2, -0.15) is 0 Å². The lowest BCUT2D eigenvalue weighted by Crippen LogP contribution is -1.93. The summed E-state index contributed by atoms with van der Waals surface area (Å²) in [4.78, 5) is 9.24. The number of fused-ring (bicyclic) bond motifs is 1. The van der Waals surface area contributed by atoms with Crippen molar-refractivity contribution < 1.29 is 4.74 Å². The van der Waals surface area contributed by atoms with Crippen molar-refractivity contribution in [2.45, 2.75) is 6.92 Å². The van der Waals surface area contributed by atoms with Gasteiger partial charge < -0.3 is 4.74 Å². The van der Waals surface area contributed by atoms with Gasteiger partial charge in [-0.3, -0.25) is 0 Å². The number of nitrogens with zero attached hydrogens (tertiary/aromatic N) is 2. The normalized spacial score (nSPS) is 10.8. The van der Waals surface area contributed by atoms with Crippen LogP contribution in [-0.2, 0) is 0 Å². The molecule has 0 bridgehead atoms. The molecule has 122 valence electrons. The van der Waals surface area contributed by atoms with Gasteiger partial charge in [0.15, 0.2) is 5.82 Å². The van der Waals surface area contributed by atoms with E-state index in [1.54, 1.807) is 7.11 Å². The van der Waals surface area contributed by atoms with Crippen LogP contribution in [0, 0.1) is 6.92 Å². The molecule has 0 unspecified atom stereocenters. The molecular formula is C22H18N2O. The van der Waals surface area contributed by atoms with E-state index in [-0.39, 0.29) is 0 Å². The summed E-state index contributed by atoms with van der Waals surface area (Å²) < 4.78 is 5.22. The number of ether oxygens (including phenoxy) is 1. The van der Waals surface area contributed by atoms with E-state index in [4.69, 9.17) is 9.72 Å². The second-order valence-electron chi connectivity index (χ2n) is 6.01. The maximum absolute atomic E-state index is 5.22. The van der Waals surface area contributed by atoms with Crippen molar-refractivity contribution in [1.29, 1.82) is 0 Å². The molecule has 0 saturated carbocycles. The average Bonchev–Trinajstić information content (AvgIpc) is 2.67. The minimum atomic E-state index is 0.762. The molecule has 0 spiro atoms. The van der Waals surface area contributed by atoms with Crippen molar-refractivity contribution in [3.63, 3.8) is 0 Å². The molecule has 0 saturated heterocycles. The monoisotopic (exact) mass is 326 g/mol. The van der Waals surface area contributed by atoms with Crippen molar-refractivity contribution in [2.75, 3.05) is 7.11 Å². The van der Waals surface area contributed by atoms with E-state index in [0.29, 0.717) is 0 Å². The Kier molecular flexibility index (Phi) is 3.90. The van der Waals surface area contributed by atoms with Gasteiger partial charge in [-0.25, -0.2) is 9.97 Å². The largest absolute Gasteiger partial charge is 0.497 e. The van der Waals surface area contributed by atoms with Gasteiger partial charge in [0, 0.05) is 17.1 Å². The highest BCUT2D eigenvalue weighted by atomic mass is 16.5. The van der Waals surface area contributed by atoms with Crippen LogP contribution >= 0.6 is 0 Å². The fraction of sp³-hybridized carbons (Fsp3) is 0.0909. The maximum Gasteiger partial charge on any atom is 0.160 e. The van der Waals surface area contributed by atoms with Crippen molar-refractivity contribution >= 4 is 10.9 Å². The van der Waals surface area contributed by atoms with Crippen molar-refractivity contribution in [1.82, 2.24) is 9.97 Å². The third-order valence-electron chi connectivity index (χ3n) is 4.38. The zero-order valence-electron chi connectivity index (χ0n) is 14.2. The highest BCUT2D eigenvalue weighted by Crippen LogP contribution is 2.28. The topological polar surface area (TPSA) is 35.0 Å². The van der Waals surface area contributed by atoms with E-state index in [1.807, 2.05) is 42.6 Å². The summed E-state index contributed by atoms with van der Waals surface area (Å²) in [5.41, 5.74) is 5.51. The molecule has 0 aliphatic carbocycles. The predicted octanol–water partition coefficient (Wildman–Crippen LogP) is 5.28. The Morgan fingerprint density at radius 2 is 1.60 bits per heavy atom. The third kappa shape index (κ3) is 2.96. The number of hydrogen-bond acceptors (Lipinski definition) is 3. The summed E-state index contributed by atoms with van der Waals surface area (Å²) in [6.07, 6.45) is 1.88. The Labute approximate surface area is 147 Å². The van der Waals surface area contributed by atoms with Crippen LogP contribution in [0.1, 0.15) is 5.56 Å². The Morgan fingerprint density at radius 1 is 0.840 bits per heavy atom. The molecule has 0 radical (unpaired) electrons. The molecule has 4 rings (SSSR count). The molecule has 0 aliphatic heterocycles. The SMILES string of the molecule is COc1ccc(-c2ccc(-c3ncc4ccccc4n3)c(C)c2)cc1. The van der Waals surface area contributed by atoms with Gasteiger partial charge in [0.1, 0.15) is 5.75 Å². The Hall–Kier alpha value is -3.20. The van der Waals surface area contributed by atoms with Crippen LogP contribution in [-0.4, -0.2) is 17.1 Å². The van der Waals surface area contributed by atoms with Crippen LogP contribution in [0.15, 0.2) is 72.9 Å². The minimum absolute atomic E-state index is 0.762. The van der Waals surface area contributed by atoms with Crippen molar-refractivity contribution in [3.05, 3.63) is 78.5 Å². The number of para-hydroxylation sites is 1. The highest BCUT2D eigenvalue weighted by molar-refractivity contribution is 5.80. The Bertz CT molecular complexity index is 1040. The first-order valence-electron chi connectivity index (χ1n) is 8.22. The second kappa shape index (κ2) is 6.36. The van der Waals surface area contributed by atoms with Gasteiger partial charge >= 0.3 is 0 Å². The predicted molar refractivity (Wildman–Crippen MR) is 102 cm³/mol. The highest BCUT2D eigenvalue weighted by Gasteiger charge is 2.08. The van der Waals surface area contributed by atoms with Crippen LogP contribution in [0.3, 0.4) is 0 Å². The zero-order valence-corrected chi connectivity index (χ0v) is 14.2. The molecule has 0 atom stereocenters. The van der Waals surface area contributed by atoms with E-state index in [1.165, 1.54) is 5.56 Å². The number of rotatable bonds is 3. The average molecular weight is 326 g/mol. The molecule has 1 aromatic heterocycles. The number of hydrogen-bond donors (Lipinski definition) is 0. The van der Waals surface area contributed by atoms with Gasteiger partial charge in [-0.15, -0.1) is 0 Å². The number of aryl methyl sites for hydroxylation is 1. The molecule has 0 N–H and O–H groups in total. The van der Waals surface area contributed by atoms with Gasteiger partial charge in [0.25, 0.3) is 0 Å². The van der Waals surface area contributed by atoms with Gasteiger partial charge in [0.05, 0.1) is 12.6 Å². The fourth-order valence-electron chi connectivity index (χ4n) is 2.98. The lowest BCUT2D eigenvalue weighted by Gasteiger charge is -2.09. The Balaban J connectivity index is 1.73. The van der Waals surface area contributed by atoms with Crippen LogP contribution in [0.25, 0.3) is 33.4 Å². The first-order valence-corrected chi connectivity index (χ1v) is 8.22. The standard InChI is InChI=1S/C22H18N2O/c1-15-13-17(16-7-10-19(25-2)11-8-16)9-12-20(15)22-23-14-18-5-3-4-6-21(18)24-22/h3-14H,1-2H3. The second-order valence-corrected chi connectivity index (χ2v) is 6.01. The van der Waals surface area contributed by atoms with Gasteiger partial charge in [-0.1, -0.05) is 48.5 Å². The van der Waals surface area contributed by atoms with Gasteiger partial charge in [0.2, 0.25) is 0 Å². The minimum Gasteiger partial charge on any atom is -0.497 e. The number of aromatic nitrogens is 2. The maximum atomic E-state index is 5.22. The molecule has 1 heterocycles. The lowest BCUT2D eigenvalue weighted by atomic mass is 9.99. The summed E-state index contributed by atoms with van der Waals surface area (Å²) in [5.74, 6) is 1.62. The van der Waals surface area contributed by atoms with E-state index in [9.17, 15) is 0 Å². The number of benzene rings is 3. The quantitative estimate of drug-likeness (QED) is 0.514. The zero-order chi connectivity index (χ0) is 17.2. The van der Waals surface area contributed by atoms with E-state index >= 15 is 0 Å². The van der Waals surface area contributed by atoms with Crippen LogP contribution < -0.4 is 4.74 Å². The summed E-state index contributed by atoms with van der Waals surface area (Å²) >= 11 is 0. The summed E-state index contributed by atoms with van der Waals surface area (Å²) in [6, 6.07) is 22.5. The molecular weight excluding hydrogens is 308 g/mol. The first-order chi connectivity index (χ1) is 12.2. The van der Waals surface area contributed by atoms with E-state index in [2.05, 4.69) is 42.2 Å². The molecule has 3 nitrogen and oxygen atoms in total. The van der Waals surface area contributed by atoms with E-state index < -0.39 is 0 Å². The smallest absolute Gasteiger partial charge is 0.160 e. The third-order valence-corrected chi connectivity index (χ3v) is 4.38. The van der Waals surface area contributed by atoms with Crippen molar-refractivity contribution in [2.24, 2.45) is 0 Å². The van der Waals surface area contributed by atoms with E-state index in [0.717, 1.165) is 39.2 Å². The van der Waals surface area contributed by atoms with Crippen LogP contribution in [0.2, 0.25) is 0 Å². The fourth-order valence-corrected chi connectivity index (χ4v) is 2.98. The van der Waals surface area contributed by atoms with Gasteiger partial charge in [-0.05, 0) is 41.8 Å². The summed E-state index contributed by atoms with van der Waals surface area (Å²) in [5, 5.41) is 1.05. The molecule has 4 aromatic rings. The van der Waals surface area contributed by atoms with Crippen molar-refractivity contribution in [3.8, 4) is 28.3 Å². The van der Waals surface area contributed by atoms with Crippen LogP contribution in [0.5, 0.6) is 5.75 Å². The molecule has 0 amide bonds. The molecule has 25 heavy (non-hydrogen) atoms. The lowest BCUT2D eigenvalue weighted by molar-refractivity contribution is 0.415. The molecule has 3 heteroatoms. The molecule has 3 aromatic carbocycles. The van der Waals surface area contributed by atoms with Crippen LogP contribution in [0.4, 0.5) is 0 Å². The molecule has 0 aliphatic rings. The first kappa shape index (κ1) is 15.3. The Morgan fingerprint density at radius 3 is 2.36 bits per heavy atom. The summed E-state index contributed by atoms with van der Waals surface area (Å²) in [6.45, 7) is 2.10.